The molecule has 3 aromatic rings. The SMILES string of the molecule is COc1ccc(-c2nc3c(Br)cc(C)cc3[nH]2)cc1OC. The third-order valence-corrected chi connectivity index (χ3v) is 3.95. The molecule has 21 heavy (non-hydrogen) atoms. The number of H-pyrrole nitrogens is 1. The first-order valence-corrected chi connectivity index (χ1v) is 7.30. The van der Waals surface area contributed by atoms with Crippen LogP contribution in [0.3, 0.4) is 0 Å². The Morgan fingerprint density at radius 3 is 2.52 bits per heavy atom. The van der Waals surface area contributed by atoms with Gasteiger partial charge in [-0.15, -0.1) is 0 Å². The van der Waals surface area contributed by atoms with E-state index < -0.39 is 0 Å². The van der Waals surface area contributed by atoms with Crippen LogP contribution in [0, 0.1) is 6.92 Å². The van der Waals surface area contributed by atoms with Gasteiger partial charge >= 0.3 is 0 Å². The van der Waals surface area contributed by atoms with Crippen LogP contribution in [0.4, 0.5) is 0 Å². The number of hydrogen-bond donors (Lipinski definition) is 1. The van der Waals surface area contributed by atoms with E-state index in [2.05, 4.69) is 45.0 Å². The Labute approximate surface area is 131 Å². The molecule has 0 fully saturated rings. The Morgan fingerprint density at radius 2 is 1.81 bits per heavy atom. The van der Waals surface area contributed by atoms with Gasteiger partial charge in [-0.1, -0.05) is 0 Å². The van der Waals surface area contributed by atoms with Crippen LogP contribution in [0.25, 0.3) is 22.4 Å². The smallest absolute Gasteiger partial charge is 0.161 e. The number of aromatic nitrogens is 2. The van der Waals surface area contributed by atoms with Crippen molar-refractivity contribution < 1.29 is 9.47 Å². The van der Waals surface area contributed by atoms with Crippen molar-refractivity contribution in [1.82, 2.24) is 9.97 Å². The van der Waals surface area contributed by atoms with Gasteiger partial charge in [-0.05, 0) is 58.7 Å². The van der Waals surface area contributed by atoms with E-state index in [9.17, 15) is 0 Å². The molecule has 5 heteroatoms. The fourth-order valence-electron chi connectivity index (χ4n) is 2.33. The molecule has 3 rings (SSSR count). The molecule has 0 aliphatic rings. The highest BCUT2D eigenvalue weighted by Crippen LogP contribution is 2.33. The normalized spacial score (nSPS) is 10.9. The predicted octanol–water partition coefficient (Wildman–Crippen LogP) is 4.32. The second kappa shape index (κ2) is 5.41. The number of fused-ring (bicyclic) bond motifs is 1. The van der Waals surface area contributed by atoms with E-state index in [0.29, 0.717) is 11.5 Å². The first kappa shape index (κ1) is 13.9. The molecule has 0 bridgehead atoms. The summed E-state index contributed by atoms with van der Waals surface area (Å²) < 4.78 is 11.6. The van der Waals surface area contributed by atoms with Crippen LogP contribution in [0.1, 0.15) is 5.56 Å². The minimum Gasteiger partial charge on any atom is -0.493 e. The van der Waals surface area contributed by atoms with Crippen LogP contribution in [-0.4, -0.2) is 24.2 Å². The van der Waals surface area contributed by atoms with Gasteiger partial charge in [0.15, 0.2) is 11.5 Å². The summed E-state index contributed by atoms with van der Waals surface area (Å²) in [6.07, 6.45) is 0. The van der Waals surface area contributed by atoms with E-state index in [0.717, 1.165) is 26.9 Å². The molecular formula is C16H15BrN2O2. The molecule has 0 radical (unpaired) electrons. The number of nitrogens with zero attached hydrogens (tertiary/aromatic N) is 1. The number of benzene rings is 2. The van der Waals surface area contributed by atoms with Gasteiger partial charge in [0.2, 0.25) is 0 Å². The molecule has 108 valence electrons. The molecule has 1 aromatic heterocycles. The second-order valence-electron chi connectivity index (χ2n) is 4.80. The highest BCUT2D eigenvalue weighted by molar-refractivity contribution is 9.10. The molecule has 0 spiro atoms. The van der Waals surface area contributed by atoms with Crippen molar-refractivity contribution in [1.29, 1.82) is 0 Å². The minimum atomic E-state index is 0.686. The van der Waals surface area contributed by atoms with E-state index >= 15 is 0 Å². The van der Waals surface area contributed by atoms with E-state index in [4.69, 9.17) is 9.47 Å². The Bertz CT molecular complexity index is 811. The first-order valence-electron chi connectivity index (χ1n) is 6.50. The largest absolute Gasteiger partial charge is 0.493 e. The summed E-state index contributed by atoms with van der Waals surface area (Å²) in [6, 6.07) is 9.89. The van der Waals surface area contributed by atoms with Crippen molar-refractivity contribution in [3.63, 3.8) is 0 Å². The summed E-state index contributed by atoms with van der Waals surface area (Å²) in [5, 5.41) is 0. The molecule has 0 aliphatic carbocycles. The number of rotatable bonds is 3. The summed E-state index contributed by atoms with van der Waals surface area (Å²) in [7, 11) is 3.25. The standard InChI is InChI=1S/C16H15BrN2O2/c1-9-6-11(17)15-12(7-9)18-16(19-15)10-4-5-13(20-2)14(8-10)21-3/h4-8H,1-3H3,(H,18,19). The molecule has 1 N–H and O–H groups in total. The lowest BCUT2D eigenvalue weighted by molar-refractivity contribution is 0.355. The van der Waals surface area contributed by atoms with Gasteiger partial charge < -0.3 is 14.5 Å². The van der Waals surface area contributed by atoms with Crippen molar-refractivity contribution in [2.45, 2.75) is 6.92 Å². The number of ether oxygens (including phenoxy) is 2. The van der Waals surface area contributed by atoms with Gasteiger partial charge in [-0.2, -0.15) is 0 Å². The van der Waals surface area contributed by atoms with Crippen LogP contribution >= 0.6 is 15.9 Å². The van der Waals surface area contributed by atoms with Gasteiger partial charge in [-0.25, -0.2) is 4.98 Å². The van der Waals surface area contributed by atoms with Crippen LogP contribution in [0.5, 0.6) is 11.5 Å². The quantitative estimate of drug-likeness (QED) is 0.768. The molecular weight excluding hydrogens is 332 g/mol. The van der Waals surface area contributed by atoms with Crippen LogP contribution in [0.15, 0.2) is 34.8 Å². The van der Waals surface area contributed by atoms with Crippen molar-refractivity contribution in [3.05, 3.63) is 40.4 Å². The number of aryl methyl sites for hydroxylation is 1. The van der Waals surface area contributed by atoms with E-state index in [1.165, 1.54) is 5.56 Å². The number of nitrogens with one attached hydrogen (secondary N) is 1. The van der Waals surface area contributed by atoms with Gasteiger partial charge in [0.1, 0.15) is 11.3 Å². The third kappa shape index (κ3) is 2.49. The summed E-state index contributed by atoms with van der Waals surface area (Å²) in [6.45, 7) is 2.06. The Morgan fingerprint density at radius 1 is 1.05 bits per heavy atom. The van der Waals surface area contributed by atoms with Gasteiger partial charge in [0.05, 0.1) is 19.7 Å². The number of hydrogen-bond acceptors (Lipinski definition) is 3. The Hall–Kier alpha value is -2.01. The highest BCUT2D eigenvalue weighted by Gasteiger charge is 2.11. The fraction of sp³-hybridized carbons (Fsp3) is 0.188. The van der Waals surface area contributed by atoms with Crippen LogP contribution in [-0.2, 0) is 0 Å². The molecule has 0 saturated heterocycles. The van der Waals surface area contributed by atoms with E-state index in [1.807, 2.05) is 18.2 Å². The predicted molar refractivity (Wildman–Crippen MR) is 87.1 cm³/mol. The molecule has 0 aliphatic heterocycles. The lowest BCUT2D eigenvalue weighted by Crippen LogP contribution is -1.91. The molecule has 0 saturated carbocycles. The summed E-state index contributed by atoms with van der Waals surface area (Å²) >= 11 is 3.56. The Kier molecular flexibility index (Phi) is 3.59. The third-order valence-electron chi connectivity index (χ3n) is 3.34. The zero-order chi connectivity index (χ0) is 15.0. The summed E-state index contributed by atoms with van der Waals surface area (Å²) in [4.78, 5) is 8.00. The molecule has 0 atom stereocenters. The zero-order valence-corrected chi connectivity index (χ0v) is 13.6. The van der Waals surface area contributed by atoms with Crippen molar-refractivity contribution >= 4 is 27.0 Å². The average molecular weight is 347 g/mol. The summed E-state index contributed by atoms with van der Waals surface area (Å²) in [5.74, 6) is 2.19. The highest BCUT2D eigenvalue weighted by atomic mass is 79.9. The first-order chi connectivity index (χ1) is 10.1. The van der Waals surface area contributed by atoms with Crippen LogP contribution < -0.4 is 9.47 Å². The number of halogens is 1. The van der Waals surface area contributed by atoms with Crippen LogP contribution in [0.2, 0.25) is 0 Å². The summed E-state index contributed by atoms with van der Waals surface area (Å²) in [5.41, 5.74) is 4.06. The van der Waals surface area contributed by atoms with Gasteiger partial charge in [0, 0.05) is 10.0 Å². The molecule has 4 nitrogen and oxygen atoms in total. The lowest BCUT2D eigenvalue weighted by Gasteiger charge is -2.08. The zero-order valence-electron chi connectivity index (χ0n) is 12.0. The maximum absolute atomic E-state index is 5.34. The van der Waals surface area contributed by atoms with Crippen molar-refractivity contribution in [2.24, 2.45) is 0 Å². The number of aromatic amines is 1. The number of methoxy groups -OCH3 is 2. The average Bonchev–Trinajstić information content (AvgIpc) is 2.90. The van der Waals surface area contributed by atoms with E-state index in [-0.39, 0.29) is 0 Å². The maximum atomic E-state index is 5.34. The van der Waals surface area contributed by atoms with Gasteiger partial charge in [0.25, 0.3) is 0 Å². The van der Waals surface area contributed by atoms with Crippen molar-refractivity contribution in [3.8, 4) is 22.9 Å². The maximum Gasteiger partial charge on any atom is 0.161 e. The molecule has 0 unspecified atom stereocenters. The van der Waals surface area contributed by atoms with Crippen molar-refractivity contribution in [2.75, 3.05) is 14.2 Å². The Balaban J connectivity index is 2.14. The second-order valence-corrected chi connectivity index (χ2v) is 5.65. The molecule has 2 aromatic carbocycles. The van der Waals surface area contributed by atoms with Gasteiger partial charge in [-0.3, -0.25) is 0 Å². The monoisotopic (exact) mass is 346 g/mol. The van der Waals surface area contributed by atoms with E-state index in [1.54, 1.807) is 14.2 Å². The fourth-order valence-corrected chi connectivity index (χ4v) is 2.99. The topological polar surface area (TPSA) is 47.1 Å². The number of imidazole rings is 1. The molecule has 1 heterocycles. The molecule has 0 amide bonds. The lowest BCUT2D eigenvalue weighted by atomic mass is 10.2. The minimum absolute atomic E-state index is 0.686.